The number of amides is 3. The lowest BCUT2D eigenvalue weighted by atomic mass is 10.0. The zero-order valence-electron chi connectivity index (χ0n) is 25.7. The highest BCUT2D eigenvalue weighted by Crippen LogP contribution is 2.43. The van der Waals surface area contributed by atoms with Crippen LogP contribution in [0.3, 0.4) is 0 Å². The molecule has 0 unspecified atom stereocenters. The number of thiophene rings is 1. The van der Waals surface area contributed by atoms with Crippen LogP contribution in [0.1, 0.15) is 59.3 Å². The third kappa shape index (κ3) is 5.85. The molecule has 0 atom stereocenters. The number of H-pyrrole nitrogens is 2. The van der Waals surface area contributed by atoms with Gasteiger partial charge in [0.1, 0.15) is 11.6 Å². The van der Waals surface area contributed by atoms with Gasteiger partial charge < -0.3 is 35.0 Å². The molecule has 7 rings (SSSR count). The Hall–Kier alpha value is -4.13. The molecule has 236 valence electrons. The number of ether oxygens (including phenoxy) is 2. The SMILES string of the molecule is CCc1cc(-c2ccc(C(=O)Nc3[nH]c4cc5c(cc4c3C(=O)NC3CC3)OC(C)(C)C(=O)N5CCN3CCOCC3)s2)c[nH]1. The summed E-state index contributed by atoms with van der Waals surface area (Å²) >= 11 is 1.39. The first-order chi connectivity index (χ1) is 21.7. The molecule has 2 aliphatic heterocycles. The summed E-state index contributed by atoms with van der Waals surface area (Å²) in [4.78, 5) is 52.8. The minimum atomic E-state index is -1.08. The first-order valence-corrected chi connectivity index (χ1v) is 16.4. The van der Waals surface area contributed by atoms with Crippen molar-refractivity contribution in [2.45, 2.75) is 51.7 Å². The van der Waals surface area contributed by atoms with E-state index in [9.17, 15) is 14.4 Å². The molecule has 2 fully saturated rings. The quantitative estimate of drug-likeness (QED) is 0.211. The molecule has 0 bridgehead atoms. The van der Waals surface area contributed by atoms with Crippen molar-refractivity contribution in [3.05, 3.63) is 52.7 Å². The van der Waals surface area contributed by atoms with Crippen LogP contribution in [-0.2, 0) is 16.0 Å². The number of fused-ring (bicyclic) bond motifs is 2. The second-order valence-corrected chi connectivity index (χ2v) is 13.5. The van der Waals surface area contributed by atoms with Crippen molar-refractivity contribution in [2.75, 3.05) is 49.6 Å². The average molecular weight is 631 g/mol. The minimum Gasteiger partial charge on any atom is -0.476 e. The van der Waals surface area contributed by atoms with Gasteiger partial charge in [0, 0.05) is 59.9 Å². The van der Waals surface area contributed by atoms with Crippen LogP contribution >= 0.6 is 11.3 Å². The maximum atomic E-state index is 13.6. The van der Waals surface area contributed by atoms with Crippen LogP contribution in [0.2, 0.25) is 0 Å². The number of carbonyl (C=O) groups is 3. The van der Waals surface area contributed by atoms with Crippen LogP contribution in [0.25, 0.3) is 21.3 Å². The Kier molecular flexibility index (Phi) is 7.66. The standard InChI is InChI=1S/C33H38N6O5S/c1-4-20-15-19(18-34-20)26-7-8-27(45-26)30(40)37-29-28(31(41)35-21-5-6-21)22-16-25-24(17-23(22)36-29)39(32(42)33(2,3)44-25)10-9-38-11-13-43-14-12-38/h7-8,15-18,21,34,36H,4-6,9-14H2,1-3H3,(H,35,41)(H,37,40). The largest absolute Gasteiger partial charge is 0.476 e. The van der Waals surface area contributed by atoms with E-state index < -0.39 is 5.60 Å². The minimum absolute atomic E-state index is 0.126. The van der Waals surface area contributed by atoms with E-state index in [0.717, 1.165) is 48.5 Å². The van der Waals surface area contributed by atoms with E-state index in [2.05, 4.69) is 38.5 Å². The number of benzene rings is 1. The van der Waals surface area contributed by atoms with Gasteiger partial charge in [0.2, 0.25) is 0 Å². The lowest BCUT2D eigenvalue weighted by Crippen LogP contribution is -2.54. The van der Waals surface area contributed by atoms with Crippen molar-refractivity contribution in [3.63, 3.8) is 0 Å². The second-order valence-electron chi connectivity index (χ2n) is 12.4. The van der Waals surface area contributed by atoms with Gasteiger partial charge in [-0.05, 0) is 63.4 Å². The summed E-state index contributed by atoms with van der Waals surface area (Å²) in [5, 5.41) is 6.66. The average Bonchev–Trinajstić information content (AvgIpc) is 3.39. The summed E-state index contributed by atoms with van der Waals surface area (Å²) in [6.07, 6.45) is 4.71. The lowest BCUT2D eigenvalue weighted by Gasteiger charge is -2.40. The number of morpholine rings is 1. The van der Waals surface area contributed by atoms with Crippen molar-refractivity contribution in [3.8, 4) is 16.2 Å². The van der Waals surface area contributed by atoms with Gasteiger partial charge in [-0.1, -0.05) is 6.92 Å². The number of aromatic nitrogens is 2. The molecule has 1 saturated heterocycles. The molecule has 1 saturated carbocycles. The number of hydrogen-bond donors (Lipinski definition) is 4. The Morgan fingerprint density at radius 1 is 1.09 bits per heavy atom. The van der Waals surface area contributed by atoms with E-state index in [1.54, 1.807) is 24.8 Å². The number of aryl methyl sites for hydroxylation is 1. The van der Waals surface area contributed by atoms with E-state index in [1.165, 1.54) is 11.3 Å². The van der Waals surface area contributed by atoms with Gasteiger partial charge in [0.25, 0.3) is 17.7 Å². The number of nitrogens with one attached hydrogen (secondary N) is 4. The summed E-state index contributed by atoms with van der Waals surface area (Å²) in [6.45, 7) is 9.82. The number of nitrogens with zero attached hydrogens (tertiary/aromatic N) is 2. The Bertz CT molecular complexity index is 1780. The number of anilines is 2. The molecule has 1 aliphatic carbocycles. The molecule has 4 aromatic rings. The van der Waals surface area contributed by atoms with Gasteiger partial charge in [-0.3, -0.25) is 19.3 Å². The summed E-state index contributed by atoms with van der Waals surface area (Å²) in [5.41, 5.74) is 2.70. The van der Waals surface area contributed by atoms with E-state index in [1.807, 2.05) is 24.4 Å². The van der Waals surface area contributed by atoms with Crippen LogP contribution in [0.4, 0.5) is 11.5 Å². The highest BCUT2D eigenvalue weighted by atomic mass is 32.1. The third-order valence-electron chi connectivity index (χ3n) is 8.65. The molecule has 1 aromatic carbocycles. The summed E-state index contributed by atoms with van der Waals surface area (Å²) < 4.78 is 11.7. The van der Waals surface area contributed by atoms with Crippen molar-refractivity contribution < 1.29 is 23.9 Å². The molecule has 3 aromatic heterocycles. The van der Waals surface area contributed by atoms with E-state index in [4.69, 9.17) is 9.47 Å². The molecular weight excluding hydrogens is 592 g/mol. The molecular formula is C33H38N6O5S. The number of hydrogen-bond acceptors (Lipinski definition) is 7. The summed E-state index contributed by atoms with van der Waals surface area (Å²) in [5.74, 6) is 0.129. The monoisotopic (exact) mass is 630 g/mol. The number of aromatic amines is 2. The molecule has 45 heavy (non-hydrogen) atoms. The fourth-order valence-electron chi connectivity index (χ4n) is 5.94. The van der Waals surface area contributed by atoms with Gasteiger partial charge in [-0.2, -0.15) is 0 Å². The van der Waals surface area contributed by atoms with Crippen LogP contribution in [-0.4, -0.2) is 83.6 Å². The zero-order chi connectivity index (χ0) is 31.3. The van der Waals surface area contributed by atoms with Crippen molar-refractivity contribution >= 4 is 51.5 Å². The van der Waals surface area contributed by atoms with Crippen molar-refractivity contribution in [1.82, 2.24) is 20.2 Å². The predicted molar refractivity (Wildman–Crippen MR) is 175 cm³/mol. The van der Waals surface area contributed by atoms with Gasteiger partial charge >= 0.3 is 0 Å². The highest BCUT2D eigenvalue weighted by molar-refractivity contribution is 7.17. The topological polar surface area (TPSA) is 132 Å². The lowest BCUT2D eigenvalue weighted by molar-refractivity contribution is -0.132. The first kappa shape index (κ1) is 29.6. The normalized spacial score (nSPS) is 18.1. The van der Waals surface area contributed by atoms with E-state index >= 15 is 0 Å². The molecule has 11 nitrogen and oxygen atoms in total. The zero-order valence-corrected chi connectivity index (χ0v) is 26.6. The Morgan fingerprint density at radius 2 is 1.89 bits per heavy atom. The summed E-state index contributed by atoms with van der Waals surface area (Å²) in [6, 6.07) is 9.61. The fourth-order valence-corrected chi connectivity index (χ4v) is 6.83. The molecule has 12 heteroatoms. The highest BCUT2D eigenvalue weighted by Gasteiger charge is 2.42. The first-order valence-electron chi connectivity index (χ1n) is 15.6. The van der Waals surface area contributed by atoms with E-state index in [-0.39, 0.29) is 23.8 Å². The Balaban J connectivity index is 1.22. The fraction of sp³-hybridized carbons (Fsp3) is 0.424. The third-order valence-corrected chi connectivity index (χ3v) is 9.79. The second kappa shape index (κ2) is 11.7. The molecule has 0 radical (unpaired) electrons. The molecule has 5 heterocycles. The van der Waals surface area contributed by atoms with Crippen molar-refractivity contribution in [2.24, 2.45) is 0 Å². The van der Waals surface area contributed by atoms with Crippen LogP contribution in [0.5, 0.6) is 5.75 Å². The van der Waals surface area contributed by atoms with Gasteiger partial charge in [0.05, 0.1) is 34.9 Å². The molecule has 3 amide bonds. The number of rotatable bonds is 9. The number of carbonyl (C=O) groups excluding carboxylic acids is 3. The summed E-state index contributed by atoms with van der Waals surface area (Å²) in [7, 11) is 0. The van der Waals surface area contributed by atoms with Gasteiger partial charge in [-0.15, -0.1) is 11.3 Å². The van der Waals surface area contributed by atoms with Crippen LogP contribution < -0.4 is 20.3 Å². The van der Waals surface area contributed by atoms with Crippen LogP contribution in [0, 0.1) is 0 Å². The Labute approximate surface area is 265 Å². The van der Waals surface area contributed by atoms with Gasteiger partial charge in [-0.25, -0.2) is 0 Å². The predicted octanol–water partition coefficient (Wildman–Crippen LogP) is 4.77. The molecule has 4 N–H and O–H groups in total. The molecule has 0 spiro atoms. The Morgan fingerprint density at radius 3 is 2.62 bits per heavy atom. The maximum absolute atomic E-state index is 13.6. The van der Waals surface area contributed by atoms with Crippen molar-refractivity contribution in [1.29, 1.82) is 0 Å². The van der Waals surface area contributed by atoms with E-state index in [0.29, 0.717) is 64.9 Å². The molecule has 3 aliphatic rings. The smallest absolute Gasteiger partial charge is 0.270 e. The maximum Gasteiger partial charge on any atom is 0.270 e. The van der Waals surface area contributed by atoms with Crippen LogP contribution in [0.15, 0.2) is 36.5 Å². The van der Waals surface area contributed by atoms with Gasteiger partial charge in [0.15, 0.2) is 5.60 Å².